The first-order chi connectivity index (χ1) is 9.83. The molecule has 1 aliphatic carbocycles. The van der Waals surface area contributed by atoms with Crippen molar-refractivity contribution >= 4 is 11.6 Å². The summed E-state index contributed by atoms with van der Waals surface area (Å²) >= 11 is 5.62. The highest BCUT2D eigenvalue weighted by molar-refractivity contribution is 6.18. The average Bonchev–Trinajstić information content (AvgIpc) is 2.48. The molecule has 1 aromatic heterocycles. The van der Waals surface area contributed by atoms with Crippen LogP contribution >= 0.6 is 11.6 Å². The lowest BCUT2D eigenvalue weighted by Crippen LogP contribution is -2.29. The van der Waals surface area contributed by atoms with Crippen molar-refractivity contribution in [2.75, 3.05) is 5.88 Å². The van der Waals surface area contributed by atoms with Crippen LogP contribution in [0.25, 0.3) is 0 Å². The van der Waals surface area contributed by atoms with Crippen LogP contribution in [0.2, 0.25) is 0 Å². The summed E-state index contributed by atoms with van der Waals surface area (Å²) in [4.78, 5) is 4.22. The van der Waals surface area contributed by atoms with Crippen LogP contribution < -0.4 is 4.74 Å². The first-order valence-electron chi connectivity index (χ1n) is 7.50. The van der Waals surface area contributed by atoms with Gasteiger partial charge in [-0.05, 0) is 37.7 Å². The van der Waals surface area contributed by atoms with Crippen LogP contribution in [-0.4, -0.2) is 17.0 Å². The van der Waals surface area contributed by atoms with Gasteiger partial charge in [0.25, 0.3) is 0 Å². The Hall–Kier alpha value is -1.20. The second kappa shape index (κ2) is 8.17. The molecular weight excluding hydrogens is 270 g/mol. The highest BCUT2D eigenvalue weighted by atomic mass is 35.5. The van der Waals surface area contributed by atoms with Crippen molar-refractivity contribution < 1.29 is 4.74 Å². The summed E-state index contributed by atoms with van der Waals surface area (Å²) in [5, 5.41) is 0. The Bertz CT molecular complexity index is 477. The zero-order chi connectivity index (χ0) is 14.2. The van der Waals surface area contributed by atoms with Crippen LogP contribution in [0, 0.1) is 17.8 Å². The molecule has 0 aliphatic heterocycles. The largest absolute Gasteiger partial charge is 0.488 e. The molecule has 0 spiro atoms. The maximum absolute atomic E-state index is 6.15. The van der Waals surface area contributed by atoms with E-state index in [4.69, 9.17) is 16.3 Å². The van der Waals surface area contributed by atoms with E-state index in [1.165, 1.54) is 25.7 Å². The van der Waals surface area contributed by atoms with E-state index < -0.39 is 0 Å². The zero-order valence-corrected chi connectivity index (χ0v) is 12.8. The van der Waals surface area contributed by atoms with Crippen LogP contribution in [-0.2, 0) is 0 Å². The van der Waals surface area contributed by atoms with Gasteiger partial charge in [0.15, 0.2) is 0 Å². The molecule has 2 nitrogen and oxygen atoms in total. The molecule has 0 N–H and O–H groups in total. The first-order valence-corrected chi connectivity index (χ1v) is 8.03. The third-order valence-electron chi connectivity index (χ3n) is 3.82. The summed E-state index contributed by atoms with van der Waals surface area (Å²) in [6.45, 7) is 2.25. The fourth-order valence-corrected chi connectivity index (χ4v) is 2.83. The average molecular weight is 292 g/mol. The standard InChI is InChI=1S/C17H22ClNO/c1-2-15-8-3-4-9-17(15)20-16-11-14(12-19-13-16)7-5-6-10-18/h11-13,15,17H,2-4,6,8-10H2,1H3. The Morgan fingerprint density at radius 3 is 3.00 bits per heavy atom. The number of aromatic nitrogens is 1. The fourth-order valence-electron chi connectivity index (χ4n) is 2.73. The SMILES string of the molecule is CCC1CCCCC1Oc1cncc(C#CCCCl)c1. The van der Waals surface area contributed by atoms with Gasteiger partial charge in [-0.2, -0.15) is 0 Å². The van der Waals surface area contributed by atoms with E-state index >= 15 is 0 Å². The van der Waals surface area contributed by atoms with Crippen molar-refractivity contribution in [1.29, 1.82) is 0 Å². The van der Waals surface area contributed by atoms with Crippen molar-refractivity contribution in [1.82, 2.24) is 4.98 Å². The maximum Gasteiger partial charge on any atom is 0.139 e. The Morgan fingerprint density at radius 2 is 2.20 bits per heavy atom. The monoisotopic (exact) mass is 291 g/mol. The number of nitrogens with zero attached hydrogens (tertiary/aromatic N) is 1. The molecule has 3 heteroatoms. The molecule has 1 heterocycles. The van der Waals surface area contributed by atoms with Crippen LogP contribution in [0.15, 0.2) is 18.5 Å². The predicted octanol–water partition coefficient (Wildman–Crippen LogP) is 4.41. The van der Waals surface area contributed by atoms with Gasteiger partial charge in [-0.15, -0.1) is 11.6 Å². The molecule has 2 rings (SSSR count). The highest BCUT2D eigenvalue weighted by Gasteiger charge is 2.25. The number of rotatable bonds is 4. The molecule has 0 saturated heterocycles. The van der Waals surface area contributed by atoms with Gasteiger partial charge in [0.05, 0.1) is 6.20 Å². The number of halogens is 1. The predicted molar refractivity (Wildman–Crippen MR) is 83.1 cm³/mol. The molecule has 1 saturated carbocycles. The summed E-state index contributed by atoms with van der Waals surface area (Å²) in [5.41, 5.74) is 0.900. The third kappa shape index (κ3) is 4.42. The number of hydrogen-bond donors (Lipinski definition) is 0. The number of hydrogen-bond acceptors (Lipinski definition) is 2. The van der Waals surface area contributed by atoms with Crippen LogP contribution in [0.5, 0.6) is 5.75 Å². The Morgan fingerprint density at radius 1 is 1.35 bits per heavy atom. The molecule has 1 aromatic rings. The first kappa shape index (κ1) is 15.2. The van der Waals surface area contributed by atoms with E-state index in [0.29, 0.717) is 24.3 Å². The summed E-state index contributed by atoms with van der Waals surface area (Å²) in [6.07, 6.45) is 10.8. The molecule has 2 atom stereocenters. The van der Waals surface area contributed by atoms with Crippen molar-refractivity contribution in [3.05, 3.63) is 24.0 Å². The summed E-state index contributed by atoms with van der Waals surface area (Å²) in [5.74, 6) is 8.18. The highest BCUT2D eigenvalue weighted by Crippen LogP contribution is 2.30. The minimum atomic E-state index is 0.335. The molecule has 108 valence electrons. The molecule has 0 radical (unpaired) electrons. The van der Waals surface area contributed by atoms with E-state index in [9.17, 15) is 0 Å². The van der Waals surface area contributed by atoms with Gasteiger partial charge in [-0.3, -0.25) is 4.98 Å². The van der Waals surface area contributed by atoms with Crippen LogP contribution in [0.1, 0.15) is 51.0 Å². The van der Waals surface area contributed by atoms with Gasteiger partial charge >= 0.3 is 0 Å². The second-order valence-corrected chi connectivity index (χ2v) is 5.64. The van der Waals surface area contributed by atoms with Gasteiger partial charge in [-0.25, -0.2) is 0 Å². The topological polar surface area (TPSA) is 22.1 Å². The Labute approximate surface area is 126 Å². The quantitative estimate of drug-likeness (QED) is 0.605. The zero-order valence-electron chi connectivity index (χ0n) is 12.1. The summed E-state index contributed by atoms with van der Waals surface area (Å²) in [7, 11) is 0. The fraction of sp³-hybridized carbons (Fsp3) is 0.588. The van der Waals surface area contributed by atoms with Gasteiger partial charge in [0, 0.05) is 24.1 Å². The molecule has 2 unspecified atom stereocenters. The molecule has 0 amide bonds. The Balaban J connectivity index is 2.02. The van der Waals surface area contributed by atoms with E-state index in [-0.39, 0.29) is 0 Å². The minimum Gasteiger partial charge on any atom is -0.488 e. The molecule has 0 bridgehead atoms. The number of alkyl halides is 1. The van der Waals surface area contributed by atoms with Crippen LogP contribution in [0.4, 0.5) is 0 Å². The van der Waals surface area contributed by atoms with Gasteiger partial charge in [0.2, 0.25) is 0 Å². The lowest BCUT2D eigenvalue weighted by atomic mass is 9.85. The van der Waals surface area contributed by atoms with Crippen molar-refractivity contribution in [2.24, 2.45) is 5.92 Å². The van der Waals surface area contributed by atoms with Crippen molar-refractivity contribution in [2.45, 2.75) is 51.6 Å². The number of ether oxygens (including phenoxy) is 1. The van der Waals surface area contributed by atoms with Gasteiger partial charge in [-0.1, -0.05) is 25.2 Å². The van der Waals surface area contributed by atoms with Crippen LogP contribution in [0.3, 0.4) is 0 Å². The normalized spacial score (nSPS) is 21.9. The molecule has 1 aliphatic rings. The van der Waals surface area contributed by atoms with Gasteiger partial charge < -0.3 is 4.74 Å². The Kier molecular flexibility index (Phi) is 6.21. The summed E-state index contributed by atoms with van der Waals surface area (Å²) < 4.78 is 6.15. The molecular formula is C17H22ClNO. The van der Waals surface area contributed by atoms with E-state index in [0.717, 1.165) is 17.7 Å². The summed E-state index contributed by atoms with van der Waals surface area (Å²) in [6, 6.07) is 1.98. The number of pyridine rings is 1. The minimum absolute atomic E-state index is 0.335. The van der Waals surface area contributed by atoms with E-state index in [1.54, 1.807) is 12.4 Å². The van der Waals surface area contributed by atoms with Gasteiger partial charge in [0.1, 0.15) is 11.9 Å². The third-order valence-corrected chi connectivity index (χ3v) is 4.01. The molecule has 0 aromatic carbocycles. The maximum atomic E-state index is 6.15. The van der Waals surface area contributed by atoms with Crippen molar-refractivity contribution in [3.8, 4) is 17.6 Å². The smallest absolute Gasteiger partial charge is 0.139 e. The van der Waals surface area contributed by atoms with E-state index in [2.05, 4.69) is 23.7 Å². The second-order valence-electron chi connectivity index (χ2n) is 5.26. The molecule has 1 fully saturated rings. The lowest BCUT2D eigenvalue weighted by Gasteiger charge is -2.31. The van der Waals surface area contributed by atoms with Crippen molar-refractivity contribution in [3.63, 3.8) is 0 Å². The molecule has 20 heavy (non-hydrogen) atoms. The van der Waals surface area contributed by atoms with E-state index in [1.807, 2.05) is 6.07 Å². The lowest BCUT2D eigenvalue weighted by molar-refractivity contribution is 0.0900.